The van der Waals surface area contributed by atoms with Crippen LogP contribution >= 0.6 is 0 Å². The SMILES string of the molecule is CC(C)S(=O)(=O)Nc1cccc(C2CCN(Cc3cc(-c4ccccn4)no3)CC2)c1. The van der Waals surface area contributed by atoms with E-state index in [1.165, 1.54) is 5.56 Å². The number of piperidine rings is 1. The standard InChI is InChI=1S/C23H28N4O3S/c1-17(2)31(28,29)26-20-7-5-6-19(14-20)18-9-12-27(13-10-18)16-21-15-23(25-30-21)22-8-3-4-11-24-22/h3-8,11,14-15,17-18,26H,9-10,12-13,16H2,1-2H3. The number of nitrogens with one attached hydrogen (secondary N) is 1. The Morgan fingerprint density at radius 1 is 1.10 bits per heavy atom. The molecule has 0 saturated carbocycles. The lowest BCUT2D eigenvalue weighted by Gasteiger charge is -2.31. The van der Waals surface area contributed by atoms with Crippen LogP contribution in [0.1, 0.15) is 43.9 Å². The first-order valence-corrected chi connectivity index (χ1v) is 12.2. The lowest BCUT2D eigenvalue weighted by atomic mass is 9.89. The van der Waals surface area contributed by atoms with E-state index in [0.29, 0.717) is 11.6 Å². The van der Waals surface area contributed by atoms with Gasteiger partial charge < -0.3 is 4.52 Å². The number of rotatable bonds is 7. The van der Waals surface area contributed by atoms with E-state index in [1.54, 1.807) is 20.0 Å². The van der Waals surface area contributed by atoms with Gasteiger partial charge in [0, 0.05) is 18.0 Å². The lowest BCUT2D eigenvalue weighted by molar-refractivity contribution is 0.184. The molecule has 3 heterocycles. The Morgan fingerprint density at radius 2 is 1.90 bits per heavy atom. The first kappa shape index (κ1) is 21.5. The zero-order valence-corrected chi connectivity index (χ0v) is 18.7. The number of anilines is 1. The van der Waals surface area contributed by atoms with E-state index in [0.717, 1.165) is 49.6 Å². The number of benzene rings is 1. The van der Waals surface area contributed by atoms with E-state index in [-0.39, 0.29) is 0 Å². The summed E-state index contributed by atoms with van der Waals surface area (Å²) in [5, 5.41) is 3.68. The maximum Gasteiger partial charge on any atom is 0.235 e. The van der Waals surface area contributed by atoms with Crippen LogP contribution in [-0.2, 0) is 16.6 Å². The summed E-state index contributed by atoms with van der Waals surface area (Å²) in [7, 11) is -3.34. The van der Waals surface area contributed by atoms with Crippen molar-refractivity contribution >= 4 is 15.7 Å². The Kier molecular flexibility index (Phi) is 6.38. The summed E-state index contributed by atoms with van der Waals surface area (Å²) in [6.45, 7) is 5.98. The summed E-state index contributed by atoms with van der Waals surface area (Å²) in [5.41, 5.74) is 3.38. The highest BCUT2D eigenvalue weighted by molar-refractivity contribution is 7.93. The number of hydrogen-bond acceptors (Lipinski definition) is 6. The average Bonchev–Trinajstić information content (AvgIpc) is 3.23. The lowest BCUT2D eigenvalue weighted by Crippen LogP contribution is -2.32. The average molecular weight is 441 g/mol. The summed E-state index contributed by atoms with van der Waals surface area (Å²) in [6.07, 6.45) is 3.78. The van der Waals surface area contributed by atoms with Crippen molar-refractivity contribution in [2.24, 2.45) is 0 Å². The van der Waals surface area contributed by atoms with Crippen LogP contribution in [0, 0.1) is 0 Å². The Hall–Kier alpha value is -2.71. The molecular formula is C23H28N4O3S. The molecule has 0 aliphatic carbocycles. The van der Waals surface area contributed by atoms with Crippen LogP contribution in [0.25, 0.3) is 11.4 Å². The number of aromatic nitrogens is 2. The Labute approximate surface area is 183 Å². The summed E-state index contributed by atoms with van der Waals surface area (Å²) < 4.78 is 32.5. The molecule has 0 radical (unpaired) electrons. The maximum atomic E-state index is 12.2. The quantitative estimate of drug-likeness (QED) is 0.590. The second-order valence-corrected chi connectivity index (χ2v) is 10.5. The molecule has 31 heavy (non-hydrogen) atoms. The fourth-order valence-electron chi connectivity index (χ4n) is 3.81. The van der Waals surface area contributed by atoms with E-state index in [2.05, 4.69) is 25.8 Å². The first-order chi connectivity index (χ1) is 14.9. The molecule has 3 aromatic rings. The van der Waals surface area contributed by atoms with Crippen molar-refractivity contribution in [1.82, 2.24) is 15.0 Å². The van der Waals surface area contributed by atoms with Gasteiger partial charge in [-0.1, -0.05) is 23.4 Å². The number of hydrogen-bond donors (Lipinski definition) is 1. The van der Waals surface area contributed by atoms with Gasteiger partial charge in [0.15, 0.2) is 5.76 Å². The van der Waals surface area contributed by atoms with Gasteiger partial charge in [0.25, 0.3) is 0 Å². The predicted octanol–water partition coefficient (Wildman–Crippen LogP) is 4.27. The molecule has 0 spiro atoms. The third-order valence-corrected chi connectivity index (χ3v) is 7.45. The zero-order chi connectivity index (χ0) is 21.8. The normalized spacial score (nSPS) is 16.0. The molecule has 8 heteroatoms. The summed E-state index contributed by atoms with van der Waals surface area (Å²) in [5.74, 6) is 1.25. The number of pyridine rings is 1. The molecule has 0 atom stereocenters. The zero-order valence-electron chi connectivity index (χ0n) is 17.9. The van der Waals surface area contributed by atoms with Gasteiger partial charge in [-0.05, 0) is 75.5 Å². The fraction of sp³-hybridized carbons (Fsp3) is 0.391. The van der Waals surface area contributed by atoms with Crippen LogP contribution in [0.3, 0.4) is 0 Å². The Morgan fingerprint density at radius 3 is 2.61 bits per heavy atom. The van der Waals surface area contributed by atoms with Crippen molar-refractivity contribution < 1.29 is 12.9 Å². The van der Waals surface area contributed by atoms with Gasteiger partial charge in [-0.3, -0.25) is 14.6 Å². The smallest absolute Gasteiger partial charge is 0.235 e. The van der Waals surface area contributed by atoms with Crippen LogP contribution in [0.4, 0.5) is 5.69 Å². The summed E-state index contributed by atoms with van der Waals surface area (Å²) >= 11 is 0. The van der Waals surface area contributed by atoms with Crippen molar-refractivity contribution in [1.29, 1.82) is 0 Å². The third kappa shape index (κ3) is 5.32. The topological polar surface area (TPSA) is 88.3 Å². The van der Waals surface area contributed by atoms with E-state index in [1.807, 2.05) is 42.5 Å². The van der Waals surface area contributed by atoms with Crippen LogP contribution in [0.15, 0.2) is 59.3 Å². The van der Waals surface area contributed by atoms with Crippen molar-refractivity contribution in [3.05, 3.63) is 66.1 Å². The molecular weight excluding hydrogens is 412 g/mol. The molecule has 1 N–H and O–H groups in total. The maximum absolute atomic E-state index is 12.2. The van der Waals surface area contributed by atoms with Gasteiger partial charge in [0.2, 0.25) is 10.0 Å². The molecule has 1 aliphatic rings. The van der Waals surface area contributed by atoms with Gasteiger partial charge in [0.05, 0.1) is 17.5 Å². The van der Waals surface area contributed by atoms with Gasteiger partial charge in [-0.25, -0.2) is 8.42 Å². The van der Waals surface area contributed by atoms with Gasteiger partial charge >= 0.3 is 0 Å². The minimum absolute atomic E-state index is 0.415. The molecule has 1 aliphatic heterocycles. The molecule has 164 valence electrons. The van der Waals surface area contributed by atoms with Crippen LogP contribution < -0.4 is 4.72 Å². The van der Waals surface area contributed by atoms with Crippen LogP contribution in [-0.4, -0.2) is 41.8 Å². The van der Waals surface area contributed by atoms with Crippen molar-refractivity contribution in [2.45, 2.75) is 44.4 Å². The van der Waals surface area contributed by atoms with Crippen molar-refractivity contribution in [2.75, 3.05) is 17.8 Å². The number of likely N-dealkylation sites (tertiary alicyclic amines) is 1. The highest BCUT2D eigenvalue weighted by atomic mass is 32.2. The van der Waals surface area contributed by atoms with E-state index >= 15 is 0 Å². The monoisotopic (exact) mass is 440 g/mol. The largest absolute Gasteiger partial charge is 0.359 e. The van der Waals surface area contributed by atoms with Gasteiger partial charge in [-0.15, -0.1) is 0 Å². The summed E-state index contributed by atoms with van der Waals surface area (Å²) in [4.78, 5) is 6.68. The van der Waals surface area contributed by atoms with Gasteiger partial charge in [0.1, 0.15) is 5.69 Å². The number of nitrogens with zero attached hydrogens (tertiary/aromatic N) is 3. The molecule has 4 rings (SSSR count). The first-order valence-electron chi connectivity index (χ1n) is 10.6. The van der Waals surface area contributed by atoms with Crippen molar-refractivity contribution in [3.8, 4) is 11.4 Å². The molecule has 1 aromatic carbocycles. The number of sulfonamides is 1. The molecule has 1 saturated heterocycles. The van der Waals surface area contributed by atoms with Crippen LogP contribution in [0.2, 0.25) is 0 Å². The van der Waals surface area contributed by atoms with E-state index < -0.39 is 15.3 Å². The van der Waals surface area contributed by atoms with Crippen molar-refractivity contribution in [3.63, 3.8) is 0 Å². The predicted molar refractivity (Wildman–Crippen MR) is 121 cm³/mol. The fourth-order valence-corrected chi connectivity index (χ4v) is 4.50. The molecule has 0 amide bonds. The second-order valence-electron chi connectivity index (χ2n) is 8.27. The molecule has 2 aromatic heterocycles. The van der Waals surface area contributed by atoms with E-state index in [9.17, 15) is 8.42 Å². The molecule has 0 unspecified atom stereocenters. The second kappa shape index (κ2) is 9.20. The highest BCUT2D eigenvalue weighted by Crippen LogP contribution is 2.30. The minimum Gasteiger partial charge on any atom is -0.359 e. The highest BCUT2D eigenvalue weighted by Gasteiger charge is 2.23. The Balaban J connectivity index is 1.34. The molecule has 1 fully saturated rings. The van der Waals surface area contributed by atoms with Crippen LogP contribution in [0.5, 0.6) is 0 Å². The van der Waals surface area contributed by atoms with Gasteiger partial charge in [-0.2, -0.15) is 0 Å². The van der Waals surface area contributed by atoms with E-state index in [4.69, 9.17) is 4.52 Å². The summed E-state index contributed by atoms with van der Waals surface area (Å²) in [6, 6.07) is 15.5. The third-order valence-electron chi connectivity index (χ3n) is 5.69. The molecule has 7 nitrogen and oxygen atoms in total. The minimum atomic E-state index is -3.34. The molecule has 0 bridgehead atoms. The Bertz CT molecular complexity index is 1100.